The molecule has 2 rings (SSSR count). The Balaban J connectivity index is 1.71. The van der Waals surface area contributed by atoms with Crippen LogP contribution in [0.15, 0.2) is 22.7 Å². The number of nitrogens with two attached hydrogens (primary N) is 1. The average molecular weight is 376 g/mol. The van der Waals surface area contributed by atoms with Gasteiger partial charge in [0.1, 0.15) is 0 Å². The lowest BCUT2D eigenvalue weighted by atomic mass is 9.94. The van der Waals surface area contributed by atoms with Crippen LogP contribution in [0, 0.1) is 0 Å². The first kappa shape index (κ1) is 16.7. The van der Waals surface area contributed by atoms with Gasteiger partial charge in [0, 0.05) is 17.1 Å². The lowest BCUT2D eigenvalue weighted by molar-refractivity contribution is 0.0267. The molecule has 3 N–H and O–H groups in total. The van der Waals surface area contributed by atoms with Crippen LogP contribution < -0.4 is 11.1 Å². The zero-order chi connectivity index (χ0) is 15.2. The summed E-state index contributed by atoms with van der Waals surface area (Å²) in [5.41, 5.74) is 6.32. The molecule has 1 aliphatic rings. The third kappa shape index (κ3) is 5.25. The van der Waals surface area contributed by atoms with Crippen molar-refractivity contribution in [3.05, 3.63) is 33.3 Å². The lowest BCUT2D eigenvalue weighted by Crippen LogP contribution is -2.33. The van der Waals surface area contributed by atoms with Gasteiger partial charge in [-0.3, -0.25) is 4.79 Å². The molecule has 0 atom stereocenters. The van der Waals surface area contributed by atoms with Crippen LogP contribution >= 0.6 is 27.5 Å². The zero-order valence-corrected chi connectivity index (χ0v) is 14.1. The van der Waals surface area contributed by atoms with Crippen LogP contribution in [-0.4, -0.2) is 31.2 Å². The molecular formula is C15H20BrClN2O2. The smallest absolute Gasteiger partial charge is 0.252 e. The Kier molecular flexibility index (Phi) is 6.48. The largest absolute Gasteiger partial charge is 0.376 e. The van der Waals surface area contributed by atoms with E-state index in [9.17, 15) is 4.79 Å². The highest BCUT2D eigenvalue weighted by atomic mass is 79.9. The van der Waals surface area contributed by atoms with Crippen molar-refractivity contribution < 1.29 is 9.53 Å². The van der Waals surface area contributed by atoms with Crippen molar-refractivity contribution in [2.75, 3.05) is 13.2 Å². The molecule has 0 bridgehead atoms. The summed E-state index contributed by atoms with van der Waals surface area (Å²) < 4.78 is 6.58. The second kappa shape index (κ2) is 8.13. The molecule has 6 heteroatoms. The van der Waals surface area contributed by atoms with Crippen LogP contribution in [0.1, 0.15) is 36.0 Å². The fourth-order valence-corrected chi connectivity index (χ4v) is 2.98. The van der Waals surface area contributed by atoms with Crippen molar-refractivity contribution in [2.24, 2.45) is 5.73 Å². The second-order valence-electron chi connectivity index (χ2n) is 5.29. The Morgan fingerprint density at radius 1 is 1.38 bits per heavy atom. The highest BCUT2D eigenvalue weighted by Crippen LogP contribution is 2.21. The third-order valence-corrected chi connectivity index (χ3v) is 4.46. The molecule has 0 spiro atoms. The van der Waals surface area contributed by atoms with Crippen LogP contribution in [0.5, 0.6) is 0 Å². The van der Waals surface area contributed by atoms with E-state index in [2.05, 4.69) is 21.2 Å². The van der Waals surface area contributed by atoms with Gasteiger partial charge >= 0.3 is 0 Å². The van der Waals surface area contributed by atoms with E-state index in [4.69, 9.17) is 22.1 Å². The molecule has 21 heavy (non-hydrogen) atoms. The molecule has 1 aliphatic carbocycles. The van der Waals surface area contributed by atoms with Gasteiger partial charge in [-0.2, -0.15) is 0 Å². The fourth-order valence-electron chi connectivity index (χ4n) is 2.41. The number of benzene rings is 1. The van der Waals surface area contributed by atoms with Crippen molar-refractivity contribution >= 4 is 33.4 Å². The maximum atomic E-state index is 12.0. The van der Waals surface area contributed by atoms with E-state index >= 15 is 0 Å². The van der Waals surface area contributed by atoms with Gasteiger partial charge in [0.2, 0.25) is 0 Å². The van der Waals surface area contributed by atoms with Crippen molar-refractivity contribution in [1.29, 1.82) is 0 Å². The Bertz CT molecular complexity index is 491. The van der Waals surface area contributed by atoms with Gasteiger partial charge in [-0.25, -0.2) is 0 Å². The summed E-state index contributed by atoms with van der Waals surface area (Å²) in [5.74, 6) is -0.185. The first-order valence-corrected chi connectivity index (χ1v) is 8.34. The van der Waals surface area contributed by atoms with E-state index in [0.29, 0.717) is 29.8 Å². The van der Waals surface area contributed by atoms with E-state index in [0.717, 1.165) is 30.2 Å². The number of rotatable bonds is 5. The highest BCUT2D eigenvalue weighted by molar-refractivity contribution is 9.10. The van der Waals surface area contributed by atoms with Gasteiger partial charge in [-0.15, -0.1) is 0 Å². The molecule has 116 valence electrons. The molecule has 1 amide bonds. The number of nitrogens with one attached hydrogen (secondary N) is 1. The first-order chi connectivity index (χ1) is 10.1. The molecule has 0 saturated heterocycles. The van der Waals surface area contributed by atoms with Crippen molar-refractivity contribution in [3.8, 4) is 0 Å². The SMILES string of the molecule is NC1CCC(OCCNC(=O)c2cc(Br)ccc2Cl)CC1. The Morgan fingerprint density at radius 2 is 2.10 bits per heavy atom. The summed E-state index contributed by atoms with van der Waals surface area (Å²) in [6, 6.07) is 5.53. The minimum absolute atomic E-state index is 0.185. The lowest BCUT2D eigenvalue weighted by Gasteiger charge is -2.26. The standard InChI is InChI=1S/C15H20BrClN2O2/c16-10-1-6-14(17)13(9-10)15(20)19-7-8-21-12-4-2-11(18)3-5-12/h1,6,9,11-12H,2-5,7-8,18H2,(H,19,20). The van der Waals surface area contributed by atoms with Gasteiger partial charge in [0.05, 0.1) is 23.3 Å². The van der Waals surface area contributed by atoms with Crippen molar-refractivity contribution in [1.82, 2.24) is 5.32 Å². The maximum Gasteiger partial charge on any atom is 0.252 e. The van der Waals surface area contributed by atoms with Crippen LogP contribution in [0.3, 0.4) is 0 Å². The van der Waals surface area contributed by atoms with E-state index in [1.807, 2.05) is 0 Å². The molecular weight excluding hydrogens is 356 g/mol. The third-order valence-electron chi connectivity index (χ3n) is 3.63. The topological polar surface area (TPSA) is 64.3 Å². The number of carbonyl (C=O) groups is 1. The molecule has 0 radical (unpaired) electrons. The number of halogens is 2. The summed E-state index contributed by atoms with van der Waals surface area (Å²) in [6.45, 7) is 0.988. The average Bonchev–Trinajstić information content (AvgIpc) is 2.47. The van der Waals surface area contributed by atoms with Crippen LogP contribution in [0.2, 0.25) is 5.02 Å². The molecule has 0 aliphatic heterocycles. The summed E-state index contributed by atoms with van der Waals surface area (Å²) in [5, 5.41) is 3.26. The molecule has 0 heterocycles. The Hall–Kier alpha value is -0.620. The number of carbonyl (C=O) groups excluding carboxylic acids is 1. The molecule has 0 unspecified atom stereocenters. The number of amides is 1. The summed E-state index contributed by atoms with van der Waals surface area (Å²) in [4.78, 5) is 12.0. The first-order valence-electron chi connectivity index (χ1n) is 7.16. The summed E-state index contributed by atoms with van der Waals surface area (Å²) >= 11 is 9.34. The van der Waals surface area contributed by atoms with Gasteiger partial charge in [-0.1, -0.05) is 27.5 Å². The second-order valence-corrected chi connectivity index (χ2v) is 6.61. The quantitative estimate of drug-likeness (QED) is 0.777. The Morgan fingerprint density at radius 3 is 2.81 bits per heavy atom. The van der Waals surface area contributed by atoms with Gasteiger partial charge in [0.15, 0.2) is 0 Å². The molecule has 0 aromatic heterocycles. The van der Waals surface area contributed by atoms with Crippen molar-refractivity contribution in [2.45, 2.75) is 37.8 Å². The van der Waals surface area contributed by atoms with Crippen LogP contribution in [0.4, 0.5) is 0 Å². The predicted octanol–water partition coefficient (Wildman–Crippen LogP) is 3.12. The maximum absolute atomic E-state index is 12.0. The van der Waals surface area contributed by atoms with E-state index < -0.39 is 0 Å². The van der Waals surface area contributed by atoms with Gasteiger partial charge < -0.3 is 15.8 Å². The molecule has 4 nitrogen and oxygen atoms in total. The number of ether oxygens (including phenoxy) is 1. The molecule has 1 aromatic carbocycles. The monoisotopic (exact) mass is 374 g/mol. The Labute approximate surface area is 138 Å². The number of hydrogen-bond donors (Lipinski definition) is 2. The van der Waals surface area contributed by atoms with Crippen LogP contribution in [0.25, 0.3) is 0 Å². The normalized spacial score (nSPS) is 22.0. The molecule has 1 aromatic rings. The zero-order valence-electron chi connectivity index (χ0n) is 11.8. The van der Waals surface area contributed by atoms with Gasteiger partial charge in [0.25, 0.3) is 5.91 Å². The van der Waals surface area contributed by atoms with E-state index in [-0.39, 0.29) is 12.0 Å². The predicted molar refractivity (Wildman–Crippen MR) is 87.7 cm³/mol. The number of hydrogen-bond acceptors (Lipinski definition) is 3. The molecule has 1 fully saturated rings. The minimum Gasteiger partial charge on any atom is -0.376 e. The van der Waals surface area contributed by atoms with Gasteiger partial charge in [-0.05, 0) is 43.9 Å². The van der Waals surface area contributed by atoms with Crippen molar-refractivity contribution in [3.63, 3.8) is 0 Å². The summed E-state index contributed by atoms with van der Waals surface area (Å²) in [6.07, 6.45) is 4.32. The fraction of sp³-hybridized carbons (Fsp3) is 0.533. The van der Waals surface area contributed by atoms with E-state index in [1.165, 1.54) is 0 Å². The minimum atomic E-state index is -0.185. The molecule has 1 saturated carbocycles. The summed E-state index contributed by atoms with van der Waals surface area (Å²) in [7, 11) is 0. The van der Waals surface area contributed by atoms with Crippen LogP contribution in [-0.2, 0) is 4.74 Å². The van der Waals surface area contributed by atoms with E-state index in [1.54, 1.807) is 18.2 Å². The highest BCUT2D eigenvalue weighted by Gasteiger charge is 2.18.